The van der Waals surface area contributed by atoms with Crippen molar-refractivity contribution < 1.29 is 17.6 Å². The fraction of sp³-hybridized carbons (Fsp3) is 0.435. The van der Waals surface area contributed by atoms with Crippen molar-refractivity contribution in [3.8, 4) is 0 Å². The fourth-order valence-electron chi connectivity index (χ4n) is 4.14. The minimum atomic E-state index is -3.69. The number of piperidine rings is 1. The summed E-state index contributed by atoms with van der Waals surface area (Å²) in [5.74, 6) is -0.153. The summed E-state index contributed by atoms with van der Waals surface area (Å²) in [6, 6.07) is 11.9. The Kier molecular flexibility index (Phi) is 6.62. The van der Waals surface area contributed by atoms with E-state index in [2.05, 4.69) is 13.8 Å². The van der Waals surface area contributed by atoms with Gasteiger partial charge in [-0.15, -0.1) is 0 Å². The van der Waals surface area contributed by atoms with Gasteiger partial charge in [-0.25, -0.2) is 12.8 Å². The molecule has 3 rings (SSSR count). The van der Waals surface area contributed by atoms with Crippen LogP contribution in [0.3, 0.4) is 0 Å². The van der Waals surface area contributed by atoms with Crippen LogP contribution in [0, 0.1) is 17.7 Å². The van der Waals surface area contributed by atoms with Gasteiger partial charge < -0.3 is 4.90 Å². The van der Waals surface area contributed by atoms with E-state index < -0.39 is 16.1 Å². The van der Waals surface area contributed by atoms with Gasteiger partial charge >= 0.3 is 0 Å². The summed E-state index contributed by atoms with van der Waals surface area (Å²) in [6.45, 7) is 6.81. The molecule has 0 radical (unpaired) electrons. The van der Waals surface area contributed by atoms with Crippen LogP contribution in [-0.4, -0.2) is 43.7 Å². The van der Waals surface area contributed by atoms with Crippen LogP contribution in [0.1, 0.15) is 49.2 Å². The molecule has 30 heavy (non-hydrogen) atoms. The van der Waals surface area contributed by atoms with Crippen LogP contribution < -0.4 is 0 Å². The third-order valence-electron chi connectivity index (χ3n) is 5.81. The first-order valence-electron chi connectivity index (χ1n) is 10.2. The van der Waals surface area contributed by atoms with Gasteiger partial charge in [-0.3, -0.25) is 4.79 Å². The third kappa shape index (κ3) is 4.57. The van der Waals surface area contributed by atoms with Gasteiger partial charge in [-0.05, 0) is 49.4 Å². The SMILES string of the molecule is CC1CC(C)CN(S(=O)(=O)c2cccc(C(=O)N(C)C(C)c3ccccc3F)c2)C1. The standard InChI is InChI=1S/C23H29FN2O3S/c1-16-12-17(2)15-26(14-16)30(28,29)20-9-7-8-19(13-20)23(27)25(4)18(3)21-10-5-6-11-22(21)24/h5-11,13,16-18H,12,14-15H2,1-4H3. The molecule has 1 heterocycles. The summed E-state index contributed by atoms with van der Waals surface area (Å²) in [5.41, 5.74) is 0.674. The molecule has 1 fully saturated rings. The van der Waals surface area contributed by atoms with Crippen LogP contribution in [0.15, 0.2) is 53.4 Å². The fourth-order valence-corrected chi connectivity index (χ4v) is 5.87. The molecule has 2 aromatic rings. The molecule has 0 bridgehead atoms. The molecule has 1 aliphatic heterocycles. The maximum atomic E-state index is 14.1. The van der Waals surface area contributed by atoms with Crippen molar-refractivity contribution in [3.05, 3.63) is 65.5 Å². The largest absolute Gasteiger partial charge is 0.335 e. The van der Waals surface area contributed by atoms with E-state index in [9.17, 15) is 17.6 Å². The number of nitrogens with zero attached hydrogens (tertiary/aromatic N) is 2. The van der Waals surface area contributed by atoms with Crippen molar-refractivity contribution in [2.24, 2.45) is 11.8 Å². The second kappa shape index (κ2) is 8.86. The van der Waals surface area contributed by atoms with Gasteiger partial charge in [0, 0.05) is 31.3 Å². The maximum Gasteiger partial charge on any atom is 0.254 e. The van der Waals surface area contributed by atoms with E-state index in [1.165, 1.54) is 27.4 Å². The molecule has 1 saturated heterocycles. The van der Waals surface area contributed by atoms with Gasteiger partial charge in [-0.2, -0.15) is 4.31 Å². The molecule has 1 aliphatic rings. The molecule has 3 atom stereocenters. The van der Waals surface area contributed by atoms with Gasteiger partial charge in [0.1, 0.15) is 5.82 Å². The molecule has 3 unspecified atom stereocenters. The van der Waals surface area contributed by atoms with Crippen LogP contribution in [0.25, 0.3) is 0 Å². The Morgan fingerprint density at radius 1 is 1.10 bits per heavy atom. The Labute approximate surface area is 178 Å². The van der Waals surface area contributed by atoms with Gasteiger partial charge in [0.15, 0.2) is 0 Å². The number of sulfonamides is 1. The van der Waals surface area contributed by atoms with Crippen molar-refractivity contribution >= 4 is 15.9 Å². The molecular formula is C23H29FN2O3S. The zero-order chi connectivity index (χ0) is 22.1. The van der Waals surface area contributed by atoms with E-state index in [1.54, 1.807) is 44.3 Å². The highest BCUT2D eigenvalue weighted by Crippen LogP contribution is 2.28. The summed E-state index contributed by atoms with van der Waals surface area (Å²) >= 11 is 0. The van der Waals surface area contributed by atoms with E-state index in [1.807, 2.05) is 0 Å². The first kappa shape index (κ1) is 22.4. The number of benzene rings is 2. The summed E-state index contributed by atoms with van der Waals surface area (Å²) in [6.07, 6.45) is 1.00. The Bertz CT molecular complexity index is 1010. The zero-order valence-electron chi connectivity index (χ0n) is 17.9. The quantitative estimate of drug-likeness (QED) is 0.707. The summed E-state index contributed by atoms with van der Waals surface area (Å²) in [5, 5.41) is 0. The molecule has 7 heteroatoms. The molecule has 1 amide bonds. The van der Waals surface area contributed by atoms with Gasteiger partial charge in [0.2, 0.25) is 10.0 Å². The molecule has 2 aromatic carbocycles. The first-order valence-corrected chi connectivity index (χ1v) is 11.7. The Balaban J connectivity index is 1.85. The van der Waals surface area contributed by atoms with E-state index in [-0.39, 0.29) is 22.2 Å². The van der Waals surface area contributed by atoms with Gasteiger partial charge in [0.05, 0.1) is 10.9 Å². The summed E-state index contributed by atoms with van der Waals surface area (Å²) < 4.78 is 42.0. The highest BCUT2D eigenvalue weighted by atomic mass is 32.2. The number of amides is 1. The summed E-state index contributed by atoms with van der Waals surface area (Å²) in [7, 11) is -2.09. The molecule has 0 aromatic heterocycles. The van der Waals surface area contributed by atoms with E-state index in [4.69, 9.17) is 0 Å². The smallest absolute Gasteiger partial charge is 0.254 e. The zero-order valence-corrected chi connectivity index (χ0v) is 18.7. The molecule has 162 valence electrons. The number of carbonyl (C=O) groups excluding carboxylic acids is 1. The number of hydrogen-bond acceptors (Lipinski definition) is 3. The Morgan fingerprint density at radius 3 is 2.37 bits per heavy atom. The molecule has 0 saturated carbocycles. The molecule has 0 N–H and O–H groups in total. The third-order valence-corrected chi connectivity index (χ3v) is 7.64. The lowest BCUT2D eigenvalue weighted by atomic mass is 9.94. The van der Waals surface area contributed by atoms with Crippen molar-refractivity contribution in [1.29, 1.82) is 0 Å². The number of halogens is 1. The van der Waals surface area contributed by atoms with E-state index in [0.717, 1.165) is 6.42 Å². The van der Waals surface area contributed by atoms with Crippen molar-refractivity contribution in [2.45, 2.75) is 38.1 Å². The minimum absolute atomic E-state index is 0.113. The van der Waals surface area contributed by atoms with Crippen molar-refractivity contribution in [3.63, 3.8) is 0 Å². The second-order valence-electron chi connectivity index (χ2n) is 8.41. The molecular weight excluding hydrogens is 403 g/mol. The predicted octanol–water partition coefficient (Wildman–Crippen LogP) is 4.33. The van der Waals surface area contributed by atoms with Crippen molar-refractivity contribution in [1.82, 2.24) is 9.21 Å². The van der Waals surface area contributed by atoms with E-state index in [0.29, 0.717) is 30.5 Å². The maximum absolute atomic E-state index is 14.1. The topological polar surface area (TPSA) is 57.7 Å². The highest BCUT2D eigenvalue weighted by Gasteiger charge is 2.32. The van der Waals surface area contributed by atoms with Crippen LogP contribution in [0.4, 0.5) is 4.39 Å². The molecule has 0 spiro atoms. The highest BCUT2D eigenvalue weighted by molar-refractivity contribution is 7.89. The van der Waals surface area contributed by atoms with Crippen LogP contribution >= 0.6 is 0 Å². The Hall–Kier alpha value is -2.25. The molecule has 5 nitrogen and oxygen atoms in total. The van der Waals surface area contributed by atoms with Gasteiger partial charge in [-0.1, -0.05) is 38.1 Å². The summed E-state index contributed by atoms with van der Waals surface area (Å²) in [4.78, 5) is 14.6. The lowest BCUT2D eigenvalue weighted by Gasteiger charge is -2.34. The van der Waals surface area contributed by atoms with Crippen LogP contribution in [0.2, 0.25) is 0 Å². The predicted molar refractivity (Wildman–Crippen MR) is 115 cm³/mol. The molecule has 0 aliphatic carbocycles. The van der Waals surface area contributed by atoms with Crippen LogP contribution in [0.5, 0.6) is 0 Å². The van der Waals surface area contributed by atoms with Gasteiger partial charge in [0.25, 0.3) is 5.91 Å². The van der Waals surface area contributed by atoms with E-state index >= 15 is 0 Å². The lowest BCUT2D eigenvalue weighted by Crippen LogP contribution is -2.42. The number of rotatable bonds is 5. The average molecular weight is 433 g/mol. The average Bonchev–Trinajstić information content (AvgIpc) is 2.72. The lowest BCUT2D eigenvalue weighted by molar-refractivity contribution is 0.0740. The van der Waals surface area contributed by atoms with Crippen molar-refractivity contribution in [2.75, 3.05) is 20.1 Å². The minimum Gasteiger partial charge on any atom is -0.335 e. The Morgan fingerprint density at radius 2 is 1.73 bits per heavy atom. The monoisotopic (exact) mass is 432 g/mol. The number of hydrogen-bond donors (Lipinski definition) is 0. The first-order chi connectivity index (χ1) is 14.1. The normalized spacial score (nSPS) is 21.2. The number of carbonyl (C=O) groups is 1. The second-order valence-corrected chi connectivity index (χ2v) is 10.3. The van der Waals surface area contributed by atoms with Crippen LogP contribution in [-0.2, 0) is 10.0 Å².